The first kappa shape index (κ1) is 11.1. The van der Waals surface area contributed by atoms with Gasteiger partial charge in [0.25, 0.3) is 0 Å². The smallest absolute Gasteiger partial charge is 0.119 e. The Morgan fingerprint density at radius 2 is 1.93 bits per heavy atom. The van der Waals surface area contributed by atoms with Crippen LogP contribution in [0.15, 0.2) is 24.3 Å². The summed E-state index contributed by atoms with van der Waals surface area (Å²) in [5.41, 5.74) is 1.31. The van der Waals surface area contributed by atoms with E-state index in [0.29, 0.717) is 6.61 Å². The van der Waals surface area contributed by atoms with Crippen LogP contribution in [-0.4, -0.2) is 18.3 Å². The second-order valence-corrected chi connectivity index (χ2v) is 3.60. The Bertz CT molecular complexity index is 254. The maximum Gasteiger partial charge on any atom is 0.119 e. The number of ether oxygens (including phenoxy) is 1. The molecule has 0 heterocycles. The van der Waals surface area contributed by atoms with Gasteiger partial charge in [-0.3, -0.25) is 0 Å². The van der Waals surface area contributed by atoms with Gasteiger partial charge in [-0.05, 0) is 24.1 Å². The summed E-state index contributed by atoms with van der Waals surface area (Å²) in [4.78, 5) is 0. The highest BCUT2D eigenvalue weighted by Gasteiger charge is 2.00. The number of hydrogen-bond donors (Lipinski definition) is 1. The zero-order chi connectivity index (χ0) is 10.4. The number of benzene rings is 1. The maximum absolute atomic E-state index is 8.81. The molecule has 78 valence electrons. The lowest BCUT2D eigenvalue weighted by Gasteiger charge is -2.10. The van der Waals surface area contributed by atoms with Crippen LogP contribution in [0.1, 0.15) is 19.4 Å². The molecule has 0 radical (unpaired) electrons. The first-order valence-corrected chi connectivity index (χ1v) is 5.08. The monoisotopic (exact) mass is 194 g/mol. The Morgan fingerprint density at radius 1 is 1.29 bits per heavy atom. The summed E-state index contributed by atoms with van der Waals surface area (Å²) in [6, 6.07) is 8.09. The molecule has 1 unspecified atom stereocenters. The van der Waals surface area contributed by atoms with E-state index in [1.807, 2.05) is 19.1 Å². The Hall–Kier alpha value is -1.02. The highest BCUT2D eigenvalue weighted by Crippen LogP contribution is 2.13. The molecule has 1 rings (SSSR count). The average molecular weight is 194 g/mol. The van der Waals surface area contributed by atoms with E-state index in [2.05, 4.69) is 19.1 Å². The van der Waals surface area contributed by atoms with E-state index in [1.165, 1.54) is 5.56 Å². The van der Waals surface area contributed by atoms with Gasteiger partial charge in [0, 0.05) is 12.5 Å². The molecule has 0 aliphatic heterocycles. The van der Waals surface area contributed by atoms with Gasteiger partial charge in [0.1, 0.15) is 5.75 Å². The molecular formula is C12H18O2. The lowest BCUT2D eigenvalue weighted by Crippen LogP contribution is -2.11. The maximum atomic E-state index is 8.81. The molecule has 0 saturated carbocycles. The van der Waals surface area contributed by atoms with Gasteiger partial charge in [-0.2, -0.15) is 0 Å². The molecular weight excluding hydrogens is 176 g/mol. The van der Waals surface area contributed by atoms with E-state index in [1.54, 1.807) is 0 Å². The highest BCUT2D eigenvalue weighted by molar-refractivity contribution is 5.27. The van der Waals surface area contributed by atoms with Crippen molar-refractivity contribution in [1.29, 1.82) is 0 Å². The van der Waals surface area contributed by atoms with Gasteiger partial charge in [-0.15, -0.1) is 0 Å². The molecule has 1 aromatic rings. The van der Waals surface area contributed by atoms with Crippen molar-refractivity contribution in [3.63, 3.8) is 0 Å². The summed E-state index contributed by atoms with van der Waals surface area (Å²) in [5.74, 6) is 1.07. The van der Waals surface area contributed by atoms with Crippen molar-refractivity contribution in [2.45, 2.75) is 20.3 Å². The van der Waals surface area contributed by atoms with Gasteiger partial charge in [0.2, 0.25) is 0 Å². The molecule has 14 heavy (non-hydrogen) atoms. The van der Waals surface area contributed by atoms with E-state index in [4.69, 9.17) is 9.84 Å². The predicted molar refractivity (Wildman–Crippen MR) is 57.6 cm³/mol. The van der Waals surface area contributed by atoms with Crippen LogP contribution >= 0.6 is 0 Å². The summed E-state index contributed by atoms with van der Waals surface area (Å²) in [7, 11) is 0. The zero-order valence-electron chi connectivity index (χ0n) is 8.86. The van der Waals surface area contributed by atoms with Crippen molar-refractivity contribution >= 4 is 0 Å². The molecule has 0 saturated heterocycles. The topological polar surface area (TPSA) is 29.5 Å². The van der Waals surface area contributed by atoms with Gasteiger partial charge >= 0.3 is 0 Å². The van der Waals surface area contributed by atoms with E-state index in [9.17, 15) is 0 Å². The molecule has 0 amide bonds. The van der Waals surface area contributed by atoms with Crippen molar-refractivity contribution in [3.8, 4) is 5.75 Å². The third kappa shape index (κ3) is 3.38. The lowest BCUT2D eigenvalue weighted by atomic mass is 10.2. The molecule has 0 aliphatic rings. The number of aryl methyl sites for hydroxylation is 1. The molecule has 2 heteroatoms. The number of aliphatic hydroxyl groups is 1. The molecule has 0 aliphatic carbocycles. The number of hydrogen-bond acceptors (Lipinski definition) is 2. The van der Waals surface area contributed by atoms with Crippen LogP contribution in [-0.2, 0) is 6.42 Å². The average Bonchev–Trinajstić information content (AvgIpc) is 2.26. The molecule has 2 nitrogen and oxygen atoms in total. The Labute approximate surface area is 85.5 Å². The standard InChI is InChI=1S/C12H18O2/c1-3-11-4-6-12(7-5-11)14-9-10(2)8-13/h4-7,10,13H,3,8-9H2,1-2H3. The molecule has 0 spiro atoms. The molecule has 1 N–H and O–H groups in total. The molecule has 0 fully saturated rings. The first-order valence-electron chi connectivity index (χ1n) is 5.08. The molecule has 1 atom stereocenters. The van der Waals surface area contributed by atoms with Crippen LogP contribution in [0.3, 0.4) is 0 Å². The SMILES string of the molecule is CCc1ccc(OCC(C)CO)cc1. The Kier molecular flexibility index (Phi) is 4.47. The van der Waals surface area contributed by atoms with Crippen molar-refractivity contribution in [2.75, 3.05) is 13.2 Å². The fourth-order valence-electron chi connectivity index (χ4n) is 1.11. The van der Waals surface area contributed by atoms with Crippen molar-refractivity contribution < 1.29 is 9.84 Å². The third-order valence-corrected chi connectivity index (χ3v) is 2.18. The normalized spacial score (nSPS) is 12.5. The van der Waals surface area contributed by atoms with Crippen molar-refractivity contribution in [1.82, 2.24) is 0 Å². The van der Waals surface area contributed by atoms with Crippen molar-refractivity contribution in [3.05, 3.63) is 29.8 Å². The van der Waals surface area contributed by atoms with E-state index in [0.717, 1.165) is 12.2 Å². The lowest BCUT2D eigenvalue weighted by molar-refractivity contribution is 0.174. The zero-order valence-corrected chi connectivity index (χ0v) is 8.86. The summed E-state index contributed by atoms with van der Waals surface area (Å²) >= 11 is 0. The van der Waals surface area contributed by atoms with Crippen LogP contribution in [0, 0.1) is 5.92 Å². The van der Waals surface area contributed by atoms with Gasteiger partial charge in [-0.1, -0.05) is 26.0 Å². The Balaban J connectivity index is 2.43. The second-order valence-electron chi connectivity index (χ2n) is 3.60. The van der Waals surface area contributed by atoms with Crippen LogP contribution in [0.2, 0.25) is 0 Å². The number of aliphatic hydroxyl groups excluding tert-OH is 1. The molecule has 0 bridgehead atoms. The predicted octanol–water partition coefficient (Wildman–Crippen LogP) is 2.26. The van der Waals surface area contributed by atoms with E-state index in [-0.39, 0.29) is 12.5 Å². The van der Waals surface area contributed by atoms with E-state index < -0.39 is 0 Å². The van der Waals surface area contributed by atoms with E-state index >= 15 is 0 Å². The summed E-state index contributed by atoms with van der Waals surface area (Å²) in [6.07, 6.45) is 1.05. The minimum Gasteiger partial charge on any atom is -0.493 e. The summed E-state index contributed by atoms with van der Waals surface area (Å²) in [6.45, 7) is 4.83. The van der Waals surface area contributed by atoms with Crippen LogP contribution < -0.4 is 4.74 Å². The fourth-order valence-corrected chi connectivity index (χ4v) is 1.11. The van der Waals surface area contributed by atoms with Crippen LogP contribution in [0.4, 0.5) is 0 Å². The summed E-state index contributed by atoms with van der Waals surface area (Å²) in [5, 5.41) is 8.81. The van der Waals surface area contributed by atoms with Crippen LogP contribution in [0.5, 0.6) is 5.75 Å². The minimum atomic E-state index is 0.174. The molecule has 0 aromatic heterocycles. The Morgan fingerprint density at radius 3 is 2.43 bits per heavy atom. The quantitative estimate of drug-likeness (QED) is 0.779. The minimum absolute atomic E-state index is 0.174. The van der Waals surface area contributed by atoms with Gasteiger partial charge in [-0.25, -0.2) is 0 Å². The second kappa shape index (κ2) is 5.66. The number of rotatable bonds is 5. The first-order chi connectivity index (χ1) is 6.76. The largest absolute Gasteiger partial charge is 0.493 e. The van der Waals surface area contributed by atoms with Gasteiger partial charge in [0.15, 0.2) is 0 Å². The van der Waals surface area contributed by atoms with Crippen LogP contribution in [0.25, 0.3) is 0 Å². The third-order valence-electron chi connectivity index (χ3n) is 2.18. The van der Waals surface area contributed by atoms with Crippen molar-refractivity contribution in [2.24, 2.45) is 5.92 Å². The highest BCUT2D eigenvalue weighted by atomic mass is 16.5. The van der Waals surface area contributed by atoms with Gasteiger partial charge < -0.3 is 9.84 Å². The summed E-state index contributed by atoms with van der Waals surface area (Å²) < 4.78 is 5.50. The van der Waals surface area contributed by atoms with Gasteiger partial charge in [0.05, 0.1) is 6.61 Å². The fraction of sp³-hybridized carbons (Fsp3) is 0.500. The molecule has 1 aromatic carbocycles.